The molecule has 2 N–H and O–H groups in total. The lowest BCUT2D eigenvalue weighted by Crippen LogP contribution is -2.60. The molecule has 4 rings (SSSR count). The number of hydrogen-bond acceptors (Lipinski definition) is 9. The molecule has 3 amide bonds. The Morgan fingerprint density at radius 1 is 1.08 bits per heavy atom. The zero-order valence-electron chi connectivity index (χ0n) is 20.5. The second-order valence-corrected chi connectivity index (χ2v) is 8.52. The van der Waals surface area contributed by atoms with Crippen LogP contribution in [0.5, 0.6) is 11.5 Å². The Hall–Kier alpha value is -3.93. The number of hydrogen-bond donors (Lipinski definition) is 2. The molecule has 0 aliphatic carbocycles. The maximum absolute atomic E-state index is 13.2. The number of carbonyl (C=O) groups is 3. The average molecular weight is 498 g/mol. The Labute approximate surface area is 209 Å². The third-order valence-corrected chi connectivity index (χ3v) is 6.28. The molecule has 2 aliphatic heterocycles. The molecule has 1 aromatic carbocycles. The summed E-state index contributed by atoms with van der Waals surface area (Å²) in [6.07, 6.45) is 3.25. The summed E-state index contributed by atoms with van der Waals surface area (Å²) in [5.74, 6) is 0.773. The van der Waals surface area contributed by atoms with Crippen molar-refractivity contribution in [3.63, 3.8) is 0 Å². The highest BCUT2D eigenvalue weighted by molar-refractivity contribution is 5.98. The van der Waals surface area contributed by atoms with Gasteiger partial charge < -0.3 is 29.9 Å². The quantitative estimate of drug-likeness (QED) is 0.517. The summed E-state index contributed by atoms with van der Waals surface area (Å²) in [5, 5.41) is 5.54. The molecule has 0 spiro atoms. The molecular weight excluding hydrogens is 466 g/mol. The Morgan fingerprint density at radius 2 is 1.83 bits per heavy atom. The first-order valence-corrected chi connectivity index (χ1v) is 11.8. The highest BCUT2D eigenvalue weighted by Crippen LogP contribution is 2.29. The van der Waals surface area contributed by atoms with Gasteiger partial charge in [0.1, 0.15) is 17.5 Å². The summed E-state index contributed by atoms with van der Waals surface area (Å²) in [5.41, 5.74) is 0.427. The van der Waals surface area contributed by atoms with Gasteiger partial charge in [-0.25, -0.2) is 9.97 Å². The van der Waals surface area contributed by atoms with Crippen LogP contribution < -0.4 is 25.0 Å². The number of carbonyl (C=O) groups excluding carboxylic acids is 3. The lowest BCUT2D eigenvalue weighted by molar-refractivity contribution is -0.145. The molecule has 12 nitrogen and oxygen atoms in total. The van der Waals surface area contributed by atoms with Crippen LogP contribution in [0.2, 0.25) is 0 Å². The molecule has 2 aliphatic rings. The number of nitrogens with one attached hydrogen (secondary N) is 2. The standard InChI is InChI=1S/C24H31N7O5/c1-35-17-4-5-20(36-2)18(14-17)28-21(32)15-19-23(34)25-8-9-31(19)22(33)16-29-10-12-30(13-11-29)24-26-6-3-7-27-24/h3-7,14,19H,8-13,15-16H2,1-2H3,(H,25,34)(H,28,32)/t19-/m0/s1. The van der Waals surface area contributed by atoms with Crippen molar-refractivity contribution in [2.24, 2.45) is 0 Å². The number of nitrogens with zero attached hydrogens (tertiary/aromatic N) is 5. The zero-order chi connectivity index (χ0) is 25.5. The lowest BCUT2D eigenvalue weighted by Gasteiger charge is -2.38. The van der Waals surface area contributed by atoms with Crippen LogP contribution >= 0.6 is 0 Å². The van der Waals surface area contributed by atoms with Crippen LogP contribution in [0.1, 0.15) is 6.42 Å². The molecule has 0 unspecified atom stereocenters. The summed E-state index contributed by atoms with van der Waals surface area (Å²) in [6.45, 7) is 3.63. The van der Waals surface area contributed by atoms with Crippen molar-refractivity contribution >= 4 is 29.4 Å². The summed E-state index contributed by atoms with van der Waals surface area (Å²) < 4.78 is 10.5. The molecule has 3 heterocycles. The van der Waals surface area contributed by atoms with E-state index in [1.165, 1.54) is 19.1 Å². The minimum absolute atomic E-state index is 0.170. The van der Waals surface area contributed by atoms with Gasteiger partial charge in [0.2, 0.25) is 23.7 Å². The van der Waals surface area contributed by atoms with Gasteiger partial charge in [0.05, 0.1) is 32.9 Å². The average Bonchev–Trinajstić information content (AvgIpc) is 2.90. The fourth-order valence-electron chi connectivity index (χ4n) is 4.35. The van der Waals surface area contributed by atoms with E-state index in [4.69, 9.17) is 9.47 Å². The molecule has 0 bridgehead atoms. The van der Waals surface area contributed by atoms with Gasteiger partial charge >= 0.3 is 0 Å². The van der Waals surface area contributed by atoms with E-state index < -0.39 is 11.9 Å². The van der Waals surface area contributed by atoms with E-state index in [0.717, 1.165) is 0 Å². The van der Waals surface area contributed by atoms with Crippen LogP contribution in [0.3, 0.4) is 0 Å². The first-order chi connectivity index (χ1) is 17.5. The predicted molar refractivity (Wildman–Crippen MR) is 132 cm³/mol. The van der Waals surface area contributed by atoms with Gasteiger partial charge in [-0.15, -0.1) is 0 Å². The Bertz CT molecular complexity index is 1080. The van der Waals surface area contributed by atoms with Crippen molar-refractivity contribution < 1.29 is 23.9 Å². The van der Waals surface area contributed by atoms with Crippen molar-refractivity contribution in [1.82, 2.24) is 25.1 Å². The van der Waals surface area contributed by atoms with Crippen molar-refractivity contribution in [3.05, 3.63) is 36.7 Å². The Balaban J connectivity index is 1.35. The molecule has 1 aromatic heterocycles. The van der Waals surface area contributed by atoms with E-state index in [-0.39, 0.29) is 24.8 Å². The van der Waals surface area contributed by atoms with Crippen molar-refractivity contribution in [1.29, 1.82) is 0 Å². The first-order valence-electron chi connectivity index (χ1n) is 11.8. The highest BCUT2D eigenvalue weighted by atomic mass is 16.5. The predicted octanol–water partition coefficient (Wildman–Crippen LogP) is -0.0284. The summed E-state index contributed by atoms with van der Waals surface area (Å²) >= 11 is 0. The van der Waals surface area contributed by atoms with Gasteiger partial charge in [-0.3, -0.25) is 19.3 Å². The maximum Gasteiger partial charge on any atom is 0.243 e. The molecule has 1 atom stereocenters. The largest absolute Gasteiger partial charge is 0.497 e. The van der Waals surface area contributed by atoms with E-state index >= 15 is 0 Å². The third kappa shape index (κ3) is 6.00. The van der Waals surface area contributed by atoms with E-state index in [9.17, 15) is 14.4 Å². The molecule has 2 saturated heterocycles. The molecule has 2 aromatic rings. The van der Waals surface area contributed by atoms with Crippen molar-refractivity contribution in [2.75, 3.05) is 70.2 Å². The summed E-state index contributed by atoms with van der Waals surface area (Å²) in [4.78, 5) is 52.9. The van der Waals surface area contributed by atoms with Crippen LogP contribution in [-0.2, 0) is 14.4 Å². The fourth-order valence-corrected chi connectivity index (χ4v) is 4.35. The van der Waals surface area contributed by atoms with Gasteiger partial charge in [0, 0.05) is 57.7 Å². The van der Waals surface area contributed by atoms with Crippen LogP contribution in [0.25, 0.3) is 0 Å². The third-order valence-electron chi connectivity index (χ3n) is 6.28. The van der Waals surface area contributed by atoms with E-state index in [1.807, 2.05) is 4.90 Å². The van der Waals surface area contributed by atoms with Gasteiger partial charge in [-0.1, -0.05) is 0 Å². The minimum atomic E-state index is -0.887. The molecule has 12 heteroatoms. The van der Waals surface area contributed by atoms with E-state index in [2.05, 4.69) is 25.5 Å². The maximum atomic E-state index is 13.2. The van der Waals surface area contributed by atoms with Crippen LogP contribution in [0.4, 0.5) is 11.6 Å². The van der Waals surface area contributed by atoms with Gasteiger partial charge in [0.15, 0.2) is 0 Å². The monoisotopic (exact) mass is 497 g/mol. The smallest absolute Gasteiger partial charge is 0.243 e. The SMILES string of the molecule is COc1ccc(OC)c(NC(=O)C[C@H]2C(=O)NCCN2C(=O)CN2CCN(c3ncccn3)CC2)c1. The normalized spacial score (nSPS) is 18.4. The topological polar surface area (TPSA) is 129 Å². The van der Waals surface area contributed by atoms with E-state index in [1.54, 1.807) is 36.7 Å². The van der Waals surface area contributed by atoms with Gasteiger partial charge in [-0.2, -0.15) is 0 Å². The molecular formula is C24H31N7O5. The zero-order valence-corrected chi connectivity index (χ0v) is 20.5. The number of piperazine rings is 2. The number of benzene rings is 1. The molecule has 0 radical (unpaired) electrons. The number of amides is 3. The van der Waals surface area contributed by atoms with Gasteiger partial charge in [-0.05, 0) is 18.2 Å². The van der Waals surface area contributed by atoms with Gasteiger partial charge in [0.25, 0.3) is 0 Å². The summed E-state index contributed by atoms with van der Waals surface area (Å²) in [7, 11) is 3.03. The summed E-state index contributed by atoms with van der Waals surface area (Å²) in [6, 6.07) is 5.93. The molecule has 0 saturated carbocycles. The van der Waals surface area contributed by atoms with Crippen molar-refractivity contribution in [3.8, 4) is 11.5 Å². The van der Waals surface area contributed by atoms with Crippen LogP contribution in [0.15, 0.2) is 36.7 Å². The highest BCUT2D eigenvalue weighted by Gasteiger charge is 2.35. The van der Waals surface area contributed by atoms with Crippen LogP contribution in [-0.4, -0.2) is 104 Å². The number of anilines is 2. The molecule has 36 heavy (non-hydrogen) atoms. The van der Waals surface area contributed by atoms with E-state index in [0.29, 0.717) is 62.4 Å². The second-order valence-electron chi connectivity index (χ2n) is 8.52. The lowest BCUT2D eigenvalue weighted by atomic mass is 10.1. The molecule has 2 fully saturated rings. The number of aromatic nitrogens is 2. The minimum Gasteiger partial charge on any atom is -0.497 e. The Morgan fingerprint density at radius 3 is 2.53 bits per heavy atom. The second kappa shape index (κ2) is 11.7. The fraction of sp³-hybridized carbons (Fsp3) is 0.458. The molecule has 192 valence electrons. The van der Waals surface area contributed by atoms with Crippen LogP contribution in [0, 0.1) is 0 Å². The number of ether oxygens (including phenoxy) is 2. The number of rotatable bonds is 8. The first kappa shape index (κ1) is 25.2. The Kier molecular flexibility index (Phi) is 8.16. The van der Waals surface area contributed by atoms with Crippen molar-refractivity contribution in [2.45, 2.75) is 12.5 Å². The number of methoxy groups -OCH3 is 2.